The minimum absolute atomic E-state index is 0.0482. The second-order valence-electron chi connectivity index (χ2n) is 5.58. The van der Waals surface area contributed by atoms with Crippen LogP contribution < -0.4 is 4.72 Å². The van der Waals surface area contributed by atoms with Gasteiger partial charge in [-0.05, 0) is 30.0 Å². The van der Waals surface area contributed by atoms with Crippen LogP contribution in [0.1, 0.15) is 25.8 Å². The number of hydrogen-bond acceptors (Lipinski definition) is 3. The van der Waals surface area contributed by atoms with Crippen molar-refractivity contribution in [3.05, 3.63) is 29.8 Å². The number of nitrogens with one attached hydrogen (secondary N) is 1. The highest BCUT2D eigenvalue weighted by atomic mass is 32.2. The van der Waals surface area contributed by atoms with Crippen LogP contribution in [0.2, 0.25) is 0 Å². The molecule has 0 amide bonds. The zero-order valence-corrected chi connectivity index (χ0v) is 13.4. The molecule has 1 rings (SSSR count). The van der Waals surface area contributed by atoms with E-state index in [0.717, 1.165) is 24.3 Å². The van der Waals surface area contributed by atoms with Crippen molar-refractivity contribution in [2.45, 2.75) is 43.8 Å². The maximum absolute atomic E-state index is 12.3. The lowest BCUT2D eigenvalue weighted by atomic mass is 10.1. The Morgan fingerprint density at radius 1 is 1.22 bits per heavy atom. The second kappa shape index (κ2) is 7.31. The van der Waals surface area contributed by atoms with Crippen LogP contribution >= 0.6 is 0 Å². The van der Waals surface area contributed by atoms with Gasteiger partial charge in [0.25, 0.3) is 0 Å². The molecule has 0 saturated heterocycles. The minimum Gasteiger partial charge on any atom is -0.480 e. The Morgan fingerprint density at radius 3 is 2.13 bits per heavy atom. The van der Waals surface area contributed by atoms with Gasteiger partial charge in [0.1, 0.15) is 6.04 Å². The standard InChI is InChI=1S/C14H18F3NO4S/c1-9(2)7-12(13(19)20)18-23(21,22)11-5-3-10(4-6-11)8-14(15,16)17/h3-6,9,12,18H,7-8H2,1-2H3,(H,19,20). The Kier molecular flexibility index (Phi) is 6.18. The zero-order chi connectivity index (χ0) is 17.8. The first-order chi connectivity index (χ1) is 10.4. The number of carbonyl (C=O) groups is 1. The van der Waals surface area contributed by atoms with Crippen LogP contribution in [-0.4, -0.2) is 31.7 Å². The number of carboxylic acids is 1. The maximum Gasteiger partial charge on any atom is 0.393 e. The number of halogens is 3. The predicted molar refractivity (Wildman–Crippen MR) is 77.4 cm³/mol. The summed E-state index contributed by atoms with van der Waals surface area (Å²) in [7, 11) is -4.12. The van der Waals surface area contributed by atoms with Crippen molar-refractivity contribution in [1.82, 2.24) is 4.72 Å². The molecule has 0 saturated carbocycles. The van der Waals surface area contributed by atoms with E-state index >= 15 is 0 Å². The normalized spacial score (nSPS) is 14.0. The van der Waals surface area contributed by atoms with Crippen molar-refractivity contribution in [1.29, 1.82) is 0 Å². The summed E-state index contributed by atoms with van der Waals surface area (Å²) in [6, 6.07) is 2.87. The van der Waals surface area contributed by atoms with Crippen LogP contribution in [0, 0.1) is 5.92 Å². The number of alkyl halides is 3. The molecule has 1 unspecified atom stereocenters. The Morgan fingerprint density at radius 2 is 1.74 bits per heavy atom. The molecule has 0 fully saturated rings. The summed E-state index contributed by atoms with van der Waals surface area (Å²) in [5.41, 5.74) is -0.0755. The highest BCUT2D eigenvalue weighted by Crippen LogP contribution is 2.22. The highest BCUT2D eigenvalue weighted by Gasteiger charge is 2.29. The Bertz CT molecular complexity index is 639. The monoisotopic (exact) mass is 353 g/mol. The van der Waals surface area contributed by atoms with Crippen LogP contribution in [0.5, 0.6) is 0 Å². The molecule has 1 aromatic rings. The lowest BCUT2D eigenvalue weighted by Gasteiger charge is -2.16. The molecule has 0 heterocycles. The van der Waals surface area contributed by atoms with Crippen molar-refractivity contribution in [2.75, 3.05) is 0 Å². The first-order valence-electron chi connectivity index (χ1n) is 6.81. The van der Waals surface area contributed by atoms with Gasteiger partial charge in [0.2, 0.25) is 10.0 Å². The van der Waals surface area contributed by atoms with Crippen LogP contribution in [0.25, 0.3) is 0 Å². The van der Waals surface area contributed by atoms with Gasteiger partial charge in [-0.25, -0.2) is 8.42 Å². The molecular formula is C14H18F3NO4S. The maximum atomic E-state index is 12.3. The summed E-state index contributed by atoms with van der Waals surface area (Å²) < 4.78 is 63.1. The summed E-state index contributed by atoms with van der Waals surface area (Å²) in [6.07, 6.45) is -5.45. The summed E-state index contributed by atoms with van der Waals surface area (Å²) in [5, 5.41) is 9.05. The van der Waals surface area contributed by atoms with Crippen LogP contribution in [-0.2, 0) is 21.2 Å². The molecule has 0 spiro atoms. The lowest BCUT2D eigenvalue weighted by Crippen LogP contribution is -2.41. The fraction of sp³-hybridized carbons (Fsp3) is 0.500. The summed E-state index contributed by atoms with van der Waals surface area (Å²) in [4.78, 5) is 10.8. The quantitative estimate of drug-likeness (QED) is 0.789. The third kappa shape index (κ3) is 6.57. The van der Waals surface area contributed by atoms with Gasteiger partial charge in [0.05, 0.1) is 11.3 Å². The summed E-state index contributed by atoms with van der Waals surface area (Å²) >= 11 is 0. The molecule has 0 bridgehead atoms. The molecule has 0 aliphatic rings. The third-order valence-electron chi connectivity index (χ3n) is 2.94. The van der Waals surface area contributed by atoms with Gasteiger partial charge in [0, 0.05) is 0 Å². The second-order valence-corrected chi connectivity index (χ2v) is 7.29. The topological polar surface area (TPSA) is 83.5 Å². The van der Waals surface area contributed by atoms with E-state index in [0.29, 0.717) is 0 Å². The molecule has 130 valence electrons. The molecule has 23 heavy (non-hydrogen) atoms. The van der Waals surface area contributed by atoms with Crippen molar-refractivity contribution < 1.29 is 31.5 Å². The van der Waals surface area contributed by atoms with Crippen LogP contribution in [0.3, 0.4) is 0 Å². The van der Waals surface area contributed by atoms with Crippen molar-refractivity contribution >= 4 is 16.0 Å². The number of sulfonamides is 1. The zero-order valence-electron chi connectivity index (χ0n) is 12.6. The lowest BCUT2D eigenvalue weighted by molar-refractivity contribution is -0.139. The summed E-state index contributed by atoms with van der Waals surface area (Å²) in [5.74, 6) is -1.36. The number of aliphatic carboxylic acids is 1. The van der Waals surface area contributed by atoms with Gasteiger partial charge < -0.3 is 5.11 Å². The smallest absolute Gasteiger partial charge is 0.393 e. The van der Waals surface area contributed by atoms with E-state index in [9.17, 15) is 26.4 Å². The molecule has 0 aromatic heterocycles. The SMILES string of the molecule is CC(C)CC(NS(=O)(=O)c1ccc(CC(F)(F)F)cc1)C(=O)O. The molecule has 2 N–H and O–H groups in total. The van der Waals surface area contributed by atoms with Gasteiger partial charge in [-0.1, -0.05) is 26.0 Å². The van der Waals surface area contributed by atoms with E-state index in [-0.39, 0.29) is 22.8 Å². The molecule has 1 aromatic carbocycles. The third-order valence-corrected chi connectivity index (χ3v) is 4.43. The molecule has 0 radical (unpaired) electrons. The van der Waals surface area contributed by atoms with Gasteiger partial charge in [0.15, 0.2) is 0 Å². The van der Waals surface area contributed by atoms with E-state index in [1.165, 1.54) is 0 Å². The van der Waals surface area contributed by atoms with E-state index in [1.54, 1.807) is 13.8 Å². The Labute approximate surface area is 132 Å². The first kappa shape index (κ1) is 19.4. The largest absolute Gasteiger partial charge is 0.480 e. The van der Waals surface area contributed by atoms with E-state index in [2.05, 4.69) is 4.72 Å². The molecule has 0 aliphatic heterocycles. The van der Waals surface area contributed by atoms with Crippen molar-refractivity contribution in [3.63, 3.8) is 0 Å². The van der Waals surface area contributed by atoms with Gasteiger partial charge in [-0.2, -0.15) is 17.9 Å². The van der Waals surface area contributed by atoms with E-state index in [1.807, 2.05) is 0 Å². The molecule has 9 heteroatoms. The fourth-order valence-electron chi connectivity index (χ4n) is 1.94. The average molecular weight is 353 g/mol. The van der Waals surface area contributed by atoms with Gasteiger partial charge in [-0.3, -0.25) is 4.79 Å². The first-order valence-corrected chi connectivity index (χ1v) is 8.30. The Hall–Kier alpha value is -1.61. The van der Waals surface area contributed by atoms with Crippen molar-refractivity contribution in [2.24, 2.45) is 5.92 Å². The van der Waals surface area contributed by atoms with E-state index < -0.39 is 34.6 Å². The molecule has 1 atom stereocenters. The molecule has 5 nitrogen and oxygen atoms in total. The average Bonchev–Trinajstić information content (AvgIpc) is 2.35. The van der Waals surface area contributed by atoms with Crippen molar-refractivity contribution in [3.8, 4) is 0 Å². The number of hydrogen-bond donors (Lipinski definition) is 2. The van der Waals surface area contributed by atoms with Gasteiger partial charge in [-0.15, -0.1) is 0 Å². The fourth-order valence-corrected chi connectivity index (χ4v) is 3.15. The van der Waals surface area contributed by atoms with Crippen LogP contribution in [0.15, 0.2) is 29.2 Å². The number of carboxylic acid groups (broad SMARTS) is 1. The number of rotatable bonds is 7. The van der Waals surface area contributed by atoms with Gasteiger partial charge >= 0.3 is 12.1 Å². The predicted octanol–water partition coefficient (Wildman–Crippen LogP) is 2.57. The summed E-state index contributed by atoms with van der Waals surface area (Å²) in [6.45, 7) is 3.49. The highest BCUT2D eigenvalue weighted by molar-refractivity contribution is 7.89. The number of benzene rings is 1. The van der Waals surface area contributed by atoms with E-state index in [4.69, 9.17) is 5.11 Å². The molecule has 0 aliphatic carbocycles. The minimum atomic E-state index is -4.38. The molecular weight excluding hydrogens is 335 g/mol. The van der Waals surface area contributed by atoms with Crippen LogP contribution in [0.4, 0.5) is 13.2 Å². The Balaban J connectivity index is 2.93.